The van der Waals surface area contributed by atoms with Crippen LogP contribution in [0.1, 0.15) is 52.4 Å². The number of nitrogens with zero attached hydrogens (tertiary/aromatic N) is 1. The number of nitrogens with one attached hydrogen (secondary N) is 3. The Morgan fingerprint density at radius 3 is 2.15 bits per heavy atom. The van der Waals surface area contributed by atoms with Gasteiger partial charge in [-0.05, 0) is 44.6 Å². The predicted molar refractivity (Wildman–Crippen MR) is 125 cm³/mol. The van der Waals surface area contributed by atoms with Crippen LogP contribution in [0.2, 0.25) is 0 Å². The Balaban J connectivity index is 4.97. The van der Waals surface area contributed by atoms with E-state index in [2.05, 4.69) is 20.9 Å². The van der Waals surface area contributed by atoms with Gasteiger partial charge < -0.3 is 44.0 Å². The lowest BCUT2D eigenvalue weighted by Crippen LogP contribution is -2.54. The van der Waals surface area contributed by atoms with Crippen LogP contribution in [0.15, 0.2) is 4.99 Å². The zero-order valence-corrected chi connectivity index (χ0v) is 19.5. The molecule has 13 heteroatoms. The molecule has 0 aliphatic heterocycles. The van der Waals surface area contributed by atoms with Gasteiger partial charge in [0.25, 0.3) is 0 Å². The summed E-state index contributed by atoms with van der Waals surface area (Å²) in [5, 5.41) is 16.8. The third-order valence-corrected chi connectivity index (χ3v) is 4.65. The summed E-state index contributed by atoms with van der Waals surface area (Å²) in [4.78, 5) is 52.4. The van der Waals surface area contributed by atoms with Crippen LogP contribution in [0.3, 0.4) is 0 Å². The Bertz CT molecular complexity index is 667. The molecule has 0 fully saturated rings. The number of carbonyl (C=O) groups is 4. The molecule has 0 radical (unpaired) electrons. The van der Waals surface area contributed by atoms with Gasteiger partial charge in [0.05, 0.1) is 12.6 Å². The molecule has 33 heavy (non-hydrogen) atoms. The monoisotopic (exact) mass is 472 g/mol. The summed E-state index contributed by atoms with van der Waals surface area (Å²) >= 11 is 0. The number of carboxylic acids is 1. The fraction of sp³-hybridized carbons (Fsp3) is 0.750. The molecule has 0 heterocycles. The Morgan fingerprint density at radius 2 is 1.61 bits per heavy atom. The van der Waals surface area contributed by atoms with Crippen LogP contribution in [0.25, 0.3) is 0 Å². The van der Waals surface area contributed by atoms with Crippen LogP contribution in [0.5, 0.6) is 0 Å². The Kier molecular flexibility index (Phi) is 15.2. The first kappa shape index (κ1) is 30.1. The maximum atomic E-state index is 12.7. The molecule has 3 amide bonds. The molecule has 0 aliphatic rings. The van der Waals surface area contributed by atoms with E-state index in [4.69, 9.17) is 22.9 Å². The summed E-state index contributed by atoms with van der Waals surface area (Å²) in [6, 6.07) is -2.90. The van der Waals surface area contributed by atoms with Crippen LogP contribution in [-0.2, 0) is 19.2 Å². The minimum Gasteiger partial charge on any atom is -0.480 e. The van der Waals surface area contributed by atoms with Gasteiger partial charge in [-0.3, -0.25) is 19.4 Å². The number of nitrogens with two attached hydrogens (primary N) is 4. The van der Waals surface area contributed by atoms with E-state index in [-0.39, 0.29) is 37.8 Å². The number of hydrogen-bond acceptors (Lipinski definition) is 7. The van der Waals surface area contributed by atoms with Crippen LogP contribution >= 0.6 is 0 Å². The van der Waals surface area contributed by atoms with E-state index in [9.17, 15) is 24.3 Å². The number of hydrogen-bond donors (Lipinski definition) is 8. The molecule has 0 bridgehead atoms. The second-order valence-electron chi connectivity index (χ2n) is 8.21. The topological polar surface area (TPSA) is 241 Å². The fourth-order valence-electron chi connectivity index (χ4n) is 2.92. The van der Waals surface area contributed by atoms with Gasteiger partial charge >= 0.3 is 5.97 Å². The van der Waals surface area contributed by atoms with Crippen molar-refractivity contribution in [2.75, 3.05) is 19.6 Å². The van der Waals surface area contributed by atoms with Crippen LogP contribution in [0, 0.1) is 5.92 Å². The third kappa shape index (κ3) is 14.7. The normalized spacial score (nSPS) is 13.5. The van der Waals surface area contributed by atoms with Crippen molar-refractivity contribution in [2.24, 2.45) is 33.8 Å². The van der Waals surface area contributed by atoms with Crippen molar-refractivity contribution < 1.29 is 24.3 Å². The van der Waals surface area contributed by atoms with E-state index in [0.717, 1.165) is 6.42 Å². The summed E-state index contributed by atoms with van der Waals surface area (Å²) in [6.45, 7) is 4.02. The SMILES string of the molecule is CC(C)CC(NC(=O)C(CCCN=C(N)N)NC(=O)CNC(=O)C(N)CCCCN)C(=O)O. The van der Waals surface area contributed by atoms with E-state index >= 15 is 0 Å². The predicted octanol–water partition coefficient (Wildman–Crippen LogP) is -2.29. The molecule has 13 nitrogen and oxygen atoms in total. The van der Waals surface area contributed by atoms with Gasteiger partial charge in [-0.1, -0.05) is 20.3 Å². The first-order chi connectivity index (χ1) is 15.5. The first-order valence-electron chi connectivity index (χ1n) is 11.1. The molecule has 0 aromatic heterocycles. The maximum Gasteiger partial charge on any atom is 0.326 e. The zero-order chi connectivity index (χ0) is 25.4. The van der Waals surface area contributed by atoms with Gasteiger partial charge in [0.15, 0.2) is 5.96 Å². The molecule has 0 aliphatic carbocycles. The molecular weight excluding hydrogens is 432 g/mol. The molecule has 0 aromatic rings. The number of aliphatic carboxylic acids is 1. The lowest BCUT2D eigenvalue weighted by atomic mass is 10.0. The number of carboxylic acid groups (broad SMARTS) is 1. The molecule has 3 unspecified atom stereocenters. The van der Waals surface area contributed by atoms with Crippen molar-refractivity contribution in [3.8, 4) is 0 Å². The van der Waals surface area contributed by atoms with E-state index in [0.29, 0.717) is 25.8 Å². The Hall–Kier alpha value is -2.93. The highest BCUT2D eigenvalue weighted by molar-refractivity contribution is 5.92. The molecular formula is C20H40N8O5. The standard InChI is InChI=1S/C20H40N8O5/c1-12(2)10-15(19(32)33)28-18(31)14(7-5-9-25-20(23)24)27-16(29)11-26-17(30)13(22)6-3-4-8-21/h12-15H,3-11,21-22H2,1-2H3,(H,26,30)(H,27,29)(H,28,31)(H,32,33)(H4,23,24,25). The summed E-state index contributed by atoms with van der Waals surface area (Å²) < 4.78 is 0. The Morgan fingerprint density at radius 1 is 0.939 bits per heavy atom. The second-order valence-corrected chi connectivity index (χ2v) is 8.21. The van der Waals surface area contributed by atoms with Crippen LogP contribution in [-0.4, -0.2) is 72.5 Å². The molecule has 0 saturated heterocycles. The smallest absolute Gasteiger partial charge is 0.326 e. The molecule has 0 aromatic carbocycles. The van der Waals surface area contributed by atoms with Gasteiger partial charge in [-0.15, -0.1) is 0 Å². The third-order valence-electron chi connectivity index (χ3n) is 4.65. The van der Waals surface area contributed by atoms with E-state index < -0.39 is 41.8 Å². The summed E-state index contributed by atoms with van der Waals surface area (Å²) in [5.74, 6) is -2.99. The highest BCUT2D eigenvalue weighted by Gasteiger charge is 2.27. The Labute approximate surface area is 194 Å². The molecule has 3 atom stereocenters. The summed E-state index contributed by atoms with van der Waals surface area (Å²) in [7, 11) is 0. The number of unbranched alkanes of at least 4 members (excludes halogenated alkanes) is 1. The number of guanidine groups is 1. The average molecular weight is 473 g/mol. The fourth-order valence-corrected chi connectivity index (χ4v) is 2.92. The van der Waals surface area contributed by atoms with Gasteiger partial charge in [0.2, 0.25) is 17.7 Å². The second kappa shape index (κ2) is 16.7. The number of amides is 3. The minimum atomic E-state index is -1.17. The molecule has 12 N–H and O–H groups in total. The highest BCUT2D eigenvalue weighted by Crippen LogP contribution is 2.07. The van der Waals surface area contributed by atoms with Crippen LogP contribution in [0.4, 0.5) is 0 Å². The van der Waals surface area contributed by atoms with Crippen molar-refractivity contribution >= 4 is 29.7 Å². The molecule has 0 saturated carbocycles. The van der Waals surface area contributed by atoms with Gasteiger partial charge in [-0.2, -0.15) is 0 Å². The van der Waals surface area contributed by atoms with Crippen molar-refractivity contribution in [1.29, 1.82) is 0 Å². The molecule has 190 valence electrons. The zero-order valence-electron chi connectivity index (χ0n) is 19.5. The quantitative estimate of drug-likeness (QED) is 0.0644. The van der Waals surface area contributed by atoms with Crippen molar-refractivity contribution in [2.45, 2.75) is 70.5 Å². The minimum absolute atomic E-state index is 0.0329. The van der Waals surface area contributed by atoms with E-state index in [1.807, 2.05) is 13.8 Å². The van der Waals surface area contributed by atoms with Crippen molar-refractivity contribution in [3.05, 3.63) is 0 Å². The van der Waals surface area contributed by atoms with E-state index in [1.54, 1.807) is 0 Å². The first-order valence-corrected chi connectivity index (χ1v) is 11.1. The van der Waals surface area contributed by atoms with Crippen molar-refractivity contribution in [3.63, 3.8) is 0 Å². The number of rotatable bonds is 17. The lowest BCUT2D eigenvalue weighted by molar-refractivity contribution is -0.142. The maximum absolute atomic E-state index is 12.7. The largest absolute Gasteiger partial charge is 0.480 e. The summed E-state index contributed by atoms with van der Waals surface area (Å²) in [6.07, 6.45) is 2.62. The number of carbonyl (C=O) groups excluding carboxylic acids is 3. The van der Waals surface area contributed by atoms with Gasteiger partial charge in [-0.25, -0.2) is 4.79 Å². The highest BCUT2D eigenvalue weighted by atomic mass is 16.4. The van der Waals surface area contributed by atoms with Gasteiger partial charge in [0, 0.05) is 6.54 Å². The summed E-state index contributed by atoms with van der Waals surface area (Å²) in [5.41, 5.74) is 21.8. The average Bonchev–Trinajstić information content (AvgIpc) is 2.72. The lowest BCUT2D eigenvalue weighted by Gasteiger charge is -2.22. The van der Waals surface area contributed by atoms with Gasteiger partial charge in [0.1, 0.15) is 12.1 Å². The van der Waals surface area contributed by atoms with Crippen molar-refractivity contribution in [1.82, 2.24) is 16.0 Å². The van der Waals surface area contributed by atoms with Crippen LogP contribution < -0.4 is 38.9 Å². The molecule has 0 spiro atoms. The van der Waals surface area contributed by atoms with E-state index in [1.165, 1.54) is 0 Å². The number of aliphatic imine (C=N–C) groups is 1. The molecule has 0 rings (SSSR count).